The molecule has 1 aromatic heterocycles. The van der Waals surface area contributed by atoms with E-state index in [1.54, 1.807) is 20.8 Å². The van der Waals surface area contributed by atoms with E-state index in [9.17, 15) is 22.4 Å². The van der Waals surface area contributed by atoms with E-state index in [1.807, 2.05) is 0 Å². The fraction of sp³-hybridized carbons (Fsp3) is 0.400. The molecule has 0 aliphatic rings. The summed E-state index contributed by atoms with van der Waals surface area (Å²) in [7, 11) is 0. The summed E-state index contributed by atoms with van der Waals surface area (Å²) < 4.78 is 62.8. The third-order valence-electron chi connectivity index (χ3n) is 2.94. The molecular weight excluding hydrogens is 304 g/mol. The van der Waals surface area contributed by atoms with Gasteiger partial charge in [0.15, 0.2) is 11.3 Å². The first kappa shape index (κ1) is 16.3. The summed E-state index contributed by atoms with van der Waals surface area (Å²) in [6.45, 7) is 6.16. The molecule has 0 N–H and O–H groups in total. The van der Waals surface area contributed by atoms with E-state index in [4.69, 9.17) is 4.74 Å². The fourth-order valence-corrected chi connectivity index (χ4v) is 2.10. The van der Waals surface area contributed by atoms with Crippen molar-refractivity contribution in [3.8, 4) is 5.75 Å². The van der Waals surface area contributed by atoms with Crippen molar-refractivity contribution >= 4 is 11.0 Å². The van der Waals surface area contributed by atoms with E-state index < -0.39 is 34.4 Å². The Hall–Kier alpha value is -2.05. The molecule has 0 radical (unpaired) electrons. The normalized spacial score (nSPS) is 12.7. The van der Waals surface area contributed by atoms with Gasteiger partial charge in [-0.1, -0.05) is 0 Å². The van der Waals surface area contributed by atoms with E-state index in [1.165, 1.54) is 12.1 Å². The highest BCUT2D eigenvalue weighted by Gasteiger charge is 2.38. The molecule has 2 rings (SSSR count). The molecule has 7 heteroatoms. The number of hydrogen-bond donors (Lipinski definition) is 0. The van der Waals surface area contributed by atoms with E-state index in [-0.39, 0.29) is 16.7 Å². The molecule has 1 heterocycles. The van der Waals surface area contributed by atoms with Gasteiger partial charge in [0.05, 0.1) is 0 Å². The first-order valence-corrected chi connectivity index (χ1v) is 6.44. The molecule has 2 aromatic rings. The van der Waals surface area contributed by atoms with Crippen LogP contribution in [0.15, 0.2) is 21.3 Å². The Kier molecular flexibility index (Phi) is 3.71. The lowest BCUT2D eigenvalue weighted by Gasteiger charge is -2.22. The molecule has 0 saturated carbocycles. The van der Waals surface area contributed by atoms with Crippen LogP contribution in [0, 0.1) is 12.7 Å². The molecule has 120 valence electrons. The molecule has 0 bridgehead atoms. The highest BCUT2D eigenvalue weighted by atomic mass is 19.4. The number of fused-ring (bicyclic) bond motifs is 1. The molecule has 0 fully saturated rings. The summed E-state index contributed by atoms with van der Waals surface area (Å²) >= 11 is 0. The number of ether oxygens (including phenoxy) is 1. The summed E-state index contributed by atoms with van der Waals surface area (Å²) in [6.07, 6.45) is -4.87. The van der Waals surface area contributed by atoms with Crippen molar-refractivity contribution in [2.75, 3.05) is 0 Å². The maximum atomic E-state index is 14.3. The van der Waals surface area contributed by atoms with Crippen molar-refractivity contribution in [3.05, 3.63) is 39.5 Å². The van der Waals surface area contributed by atoms with Gasteiger partial charge >= 0.3 is 11.8 Å². The zero-order valence-corrected chi connectivity index (χ0v) is 12.4. The number of aryl methyl sites for hydroxylation is 1. The molecule has 0 aliphatic carbocycles. The number of halogens is 4. The summed E-state index contributed by atoms with van der Waals surface area (Å²) in [5.74, 6) is -1.19. The van der Waals surface area contributed by atoms with Crippen molar-refractivity contribution < 1.29 is 26.7 Å². The number of rotatable bonds is 1. The van der Waals surface area contributed by atoms with Crippen molar-refractivity contribution in [2.45, 2.75) is 39.5 Å². The van der Waals surface area contributed by atoms with Gasteiger partial charge in [0, 0.05) is 5.39 Å². The lowest BCUT2D eigenvalue weighted by molar-refractivity contribution is -0.140. The van der Waals surface area contributed by atoms with E-state index in [2.05, 4.69) is 4.42 Å². The third-order valence-corrected chi connectivity index (χ3v) is 2.94. The van der Waals surface area contributed by atoms with Crippen LogP contribution < -0.4 is 10.4 Å². The van der Waals surface area contributed by atoms with Gasteiger partial charge in [0.25, 0.3) is 0 Å². The van der Waals surface area contributed by atoms with Crippen molar-refractivity contribution in [3.63, 3.8) is 0 Å². The van der Waals surface area contributed by atoms with Gasteiger partial charge in [0.1, 0.15) is 11.2 Å². The Morgan fingerprint density at radius 3 is 2.23 bits per heavy atom. The summed E-state index contributed by atoms with van der Waals surface area (Å²) in [5.41, 5.74) is -4.68. The molecule has 0 unspecified atom stereocenters. The fourth-order valence-electron chi connectivity index (χ4n) is 2.10. The zero-order valence-electron chi connectivity index (χ0n) is 12.4. The predicted octanol–water partition coefficient (Wildman–Crippen LogP) is 4.44. The van der Waals surface area contributed by atoms with Crippen LogP contribution in [0.5, 0.6) is 5.75 Å². The van der Waals surface area contributed by atoms with E-state index in [0.717, 1.165) is 6.92 Å². The van der Waals surface area contributed by atoms with Crippen LogP contribution in [0.1, 0.15) is 31.9 Å². The van der Waals surface area contributed by atoms with Gasteiger partial charge in [-0.3, -0.25) is 0 Å². The second-order valence-corrected chi connectivity index (χ2v) is 5.86. The highest BCUT2D eigenvalue weighted by Crippen LogP contribution is 2.35. The van der Waals surface area contributed by atoms with Crippen LogP contribution in [0.2, 0.25) is 0 Å². The van der Waals surface area contributed by atoms with Crippen molar-refractivity contribution in [1.29, 1.82) is 0 Å². The average Bonchev–Trinajstić information content (AvgIpc) is 2.30. The quantitative estimate of drug-likeness (QED) is 0.576. The third kappa shape index (κ3) is 2.93. The van der Waals surface area contributed by atoms with E-state index >= 15 is 0 Å². The van der Waals surface area contributed by atoms with Gasteiger partial charge in [-0.05, 0) is 45.4 Å². The minimum atomic E-state index is -4.87. The molecule has 0 amide bonds. The SMILES string of the molecule is Cc1c(C(F)(F)F)c(=O)oc2c(F)c(OC(C)(C)C)ccc12. The van der Waals surface area contributed by atoms with Crippen molar-refractivity contribution in [2.24, 2.45) is 0 Å². The minimum Gasteiger partial charge on any atom is -0.485 e. The van der Waals surface area contributed by atoms with Gasteiger partial charge in [-0.15, -0.1) is 0 Å². The van der Waals surface area contributed by atoms with Crippen LogP contribution in [0.3, 0.4) is 0 Å². The van der Waals surface area contributed by atoms with Gasteiger partial charge in [-0.25, -0.2) is 4.79 Å². The smallest absolute Gasteiger partial charge is 0.423 e. The standard InChI is InChI=1S/C15H14F4O3/c1-7-8-5-6-9(22-14(2,3)4)11(16)12(8)21-13(20)10(7)15(17,18)19/h5-6H,1-4H3. The molecule has 0 saturated heterocycles. The monoisotopic (exact) mass is 318 g/mol. The number of hydrogen-bond acceptors (Lipinski definition) is 3. The van der Waals surface area contributed by atoms with Gasteiger partial charge < -0.3 is 9.15 Å². The Bertz CT molecular complexity index is 782. The van der Waals surface area contributed by atoms with Crippen LogP contribution in [0.25, 0.3) is 11.0 Å². The zero-order chi connectivity index (χ0) is 16.9. The second kappa shape index (κ2) is 5.00. The highest BCUT2D eigenvalue weighted by molar-refractivity contribution is 5.83. The Labute approximate surface area is 123 Å². The largest absolute Gasteiger partial charge is 0.485 e. The van der Waals surface area contributed by atoms with Crippen molar-refractivity contribution in [1.82, 2.24) is 0 Å². The molecule has 0 atom stereocenters. The number of alkyl halides is 3. The molecular formula is C15H14F4O3. The van der Waals surface area contributed by atoms with Crippen LogP contribution >= 0.6 is 0 Å². The summed E-state index contributed by atoms with van der Waals surface area (Å²) in [4.78, 5) is 11.6. The lowest BCUT2D eigenvalue weighted by Crippen LogP contribution is -2.24. The molecule has 1 aromatic carbocycles. The first-order valence-electron chi connectivity index (χ1n) is 6.44. The topological polar surface area (TPSA) is 39.4 Å². The Morgan fingerprint density at radius 1 is 1.14 bits per heavy atom. The van der Waals surface area contributed by atoms with Gasteiger partial charge in [0.2, 0.25) is 5.82 Å². The number of benzene rings is 1. The van der Waals surface area contributed by atoms with Crippen LogP contribution in [-0.4, -0.2) is 5.60 Å². The molecule has 0 spiro atoms. The maximum Gasteiger partial charge on any atom is 0.423 e. The first-order chi connectivity index (χ1) is 9.92. The average molecular weight is 318 g/mol. The molecule has 22 heavy (non-hydrogen) atoms. The van der Waals surface area contributed by atoms with Crippen LogP contribution in [-0.2, 0) is 6.18 Å². The van der Waals surface area contributed by atoms with Gasteiger partial charge in [-0.2, -0.15) is 17.6 Å². The molecule has 3 nitrogen and oxygen atoms in total. The lowest BCUT2D eigenvalue weighted by atomic mass is 10.1. The Morgan fingerprint density at radius 2 is 1.73 bits per heavy atom. The van der Waals surface area contributed by atoms with Crippen LogP contribution in [0.4, 0.5) is 17.6 Å². The van der Waals surface area contributed by atoms with E-state index in [0.29, 0.717) is 0 Å². The predicted molar refractivity (Wildman–Crippen MR) is 72.6 cm³/mol. The summed E-state index contributed by atoms with van der Waals surface area (Å²) in [5, 5.41) is -0.120. The Balaban J connectivity index is 2.76. The second-order valence-electron chi connectivity index (χ2n) is 5.86. The maximum absolute atomic E-state index is 14.3. The molecule has 0 aliphatic heterocycles. The minimum absolute atomic E-state index is 0.120. The summed E-state index contributed by atoms with van der Waals surface area (Å²) in [6, 6.07) is 2.46.